The minimum atomic E-state index is -0.593. The minimum absolute atomic E-state index is 0.212. The van der Waals surface area contributed by atoms with Gasteiger partial charge in [0.15, 0.2) is 0 Å². The predicted octanol–water partition coefficient (Wildman–Crippen LogP) is 2.91. The van der Waals surface area contributed by atoms with Gasteiger partial charge < -0.3 is 14.4 Å². The first-order chi connectivity index (χ1) is 8.13. The lowest BCUT2D eigenvalue weighted by Gasteiger charge is -2.18. The van der Waals surface area contributed by atoms with Gasteiger partial charge in [-0.15, -0.1) is 11.3 Å². The van der Waals surface area contributed by atoms with Crippen molar-refractivity contribution in [3.63, 3.8) is 0 Å². The molecule has 0 aliphatic rings. The van der Waals surface area contributed by atoms with Crippen LogP contribution in [0.15, 0.2) is 17.5 Å². The van der Waals surface area contributed by atoms with Crippen molar-refractivity contribution >= 4 is 17.5 Å². The largest absolute Gasteiger partial charge is 0.508 e. The molecule has 1 aromatic rings. The van der Waals surface area contributed by atoms with Crippen LogP contribution in [-0.4, -0.2) is 38.3 Å². The van der Waals surface area contributed by atoms with Crippen molar-refractivity contribution in [2.75, 3.05) is 27.2 Å². The van der Waals surface area contributed by atoms with Gasteiger partial charge in [-0.25, -0.2) is 4.79 Å². The van der Waals surface area contributed by atoms with Crippen LogP contribution in [0.1, 0.15) is 24.3 Å². The van der Waals surface area contributed by atoms with Crippen molar-refractivity contribution in [1.29, 1.82) is 0 Å². The first-order valence-electron chi connectivity index (χ1n) is 5.65. The molecule has 0 aliphatic carbocycles. The van der Waals surface area contributed by atoms with E-state index in [2.05, 4.69) is 4.90 Å². The molecule has 0 saturated heterocycles. The summed E-state index contributed by atoms with van der Waals surface area (Å²) in [6.45, 7) is 2.97. The maximum atomic E-state index is 11.3. The molecule has 4 nitrogen and oxygen atoms in total. The van der Waals surface area contributed by atoms with Crippen LogP contribution < -0.4 is 0 Å². The van der Waals surface area contributed by atoms with Gasteiger partial charge in [-0.2, -0.15) is 0 Å². The Kier molecular flexibility index (Phi) is 6.00. The van der Waals surface area contributed by atoms with Crippen LogP contribution in [0.3, 0.4) is 0 Å². The summed E-state index contributed by atoms with van der Waals surface area (Å²) in [5, 5.41) is 1.98. The summed E-state index contributed by atoms with van der Waals surface area (Å²) in [4.78, 5) is 14.5. The third kappa shape index (κ3) is 5.19. The Morgan fingerprint density at radius 2 is 2.29 bits per heavy atom. The quantitative estimate of drug-likeness (QED) is 0.734. The topological polar surface area (TPSA) is 38.8 Å². The molecular weight excluding hydrogens is 238 g/mol. The van der Waals surface area contributed by atoms with Crippen LogP contribution in [0.4, 0.5) is 4.79 Å². The van der Waals surface area contributed by atoms with Gasteiger partial charge in [0.25, 0.3) is 0 Å². The lowest BCUT2D eigenvalue weighted by atomic mass is 10.2. The molecule has 0 unspecified atom stereocenters. The molecule has 1 heterocycles. The molecule has 1 atom stereocenters. The van der Waals surface area contributed by atoms with Crippen molar-refractivity contribution in [2.45, 2.75) is 19.4 Å². The first-order valence-corrected chi connectivity index (χ1v) is 6.53. The second-order valence-electron chi connectivity index (χ2n) is 3.90. The number of thiophene rings is 1. The zero-order chi connectivity index (χ0) is 12.7. The van der Waals surface area contributed by atoms with Crippen LogP contribution >= 0.6 is 11.3 Å². The van der Waals surface area contributed by atoms with E-state index < -0.39 is 6.16 Å². The van der Waals surface area contributed by atoms with Crippen LogP contribution in [0.25, 0.3) is 0 Å². The zero-order valence-electron chi connectivity index (χ0n) is 10.5. The van der Waals surface area contributed by atoms with Crippen molar-refractivity contribution in [2.24, 2.45) is 0 Å². The average molecular weight is 257 g/mol. The lowest BCUT2D eigenvalue weighted by Crippen LogP contribution is -2.19. The molecule has 0 spiro atoms. The van der Waals surface area contributed by atoms with Crippen LogP contribution in [0.2, 0.25) is 0 Å². The van der Waals surface area contributed by atoms with Crippen molar-refractivity contribution in [3.8, 4) is 0 Å². The van der Waals surface area contributed by atoms with Crippen LogP contribution in [0.5, 0.6) is 0 Å². The Morgan fingerprint density at radius 3 is 2.82 bits per heavy atom. The number of rotatable bonds is 6. The summed E-state index contributed by atoms with van der Waals surface area (Å²) in [6.07, 6.45) is -0.0344. The number of hydrogen-bond donors (Lipinski definition) is 0. The normalized spacial score (nSPS) is 12.5. The number of carbonyl (C=O) groups is 1. The smallest absolute Gasteiger partial charge is 0.435 e. The van der Waals surface area contributed by atoms with Crippen molar-refractivity contribution in [1.82, 2.24) is 4.90 Å². The summed E-state index contributed by atoms with van der Waals surface area (Å²) in [6, 6.07) is 3.93. The Hall–Kier alpha value is -1.07. The van der Waals surface area contributed by atoms with E-state index in [-0.39, 0.29) is 6.10 Å². The SMILES string of the molecule is CCOC(=O)O[C@@H](CCN(C)C)c1cccs1. The number of carbonyl (C=O) groups excluding carboxylic acids is 1. The highest BCUT2D eigenvalue weighted by molar-refractivity contribution is 7.10. The molecule has 0 aromatic carbocycles. The molecule has 5 heteroatoms. The molecule has 0 saturated carbocycles. The highest BCUT2D eigenvalue weighted by Crippen LogP contribution is 2.26. The third-order valence-electron chi connectivity index (χ3n) is 2.20. The van der Waals surface area contributed by atoms with Gasteiger partial charge >= 0.3 is 6.16 Å². The maximum absolute atomic E-state index is 11.3. The highest BCUT2D eigenvalue weighted by atomic mass is 32.1. The van der Waals surface area contributed by atoms with Crippen molar-refractivity contribution < 1.29 is 14.3 Å². The first kappa shape index (κ1) is 14.0. The van der Waals surface area contributed by atoms with E-state index in [0.717, 1.165) is 17.8 Å². The number of ether oxygens (including phenoxy) is 2. The van der Waals surface area contributed by atoms with E-state index in [4.69, 9.17) is 9.47 Å². The van der Waals surface area contributed by atoms with Gasteiger partial charge in [-0.05, 0) is 32.5 Å². The van der Waals surface area contributed by atoms with E-state index in [0.29, 0.717) is 6.61 Å². The van der Waals surface area contributed by atoms with E-state index in [1.165, 1.54) is 0 Å². The van der Waals surface area contributed by atoms with E-state index >= 15 is 0 Å². The predicted molar refractivity (Wildman–Crippen MR) is 68.3 cm³/mol. The van der Waals surface area contributed by atoms with Crippen molar-refractivity contribution in [3.05, 3.63) is 22.4 Å². The van der Waals surface area contributed by atoms with Gasteiger partial charge in [0.05, 0.1) is 6.61 Å². The maximum Gasteiger partial charge on any atom is 0.508 e. The average Bonchev–Trinajstić information content (AvgIpc) is 2.77. The van der Waals surface area contributed by atoms with E-state index in [9.17, 15) is 4.79 Å². The fraction of sp³-hybridized carbons (Fsp3) is 0.583. The fourth-order valence-electron chi connectivity index (χ4n) is 1.38. The molecule has 17 heavy (non-hydrogen) atoms. The molecular formula is C12H19NO3S. The Balaban J connectivity index is 2.56. The fourth-order valence-corrected chi connectivity index (χ4v) is 2.17. The minimum Gasteiger partial charge on any atom is -0.435 e. The van der Waals surface area contributed by atoms with E-state index in [1.807, 2.05) is 31.6 Å². The summed E-state index contributed by atoms with van der Waals surface area (Å²) in [5.74, 6) is 0. The van der Waals surface area contributed by atoms with E-state index in [1.54, 1.807) is 18.3 Å². The summed E-state index contributed by atoms with van der Waals surface area (Å²) in [7, 11) is 3.99. The summed E-state index contributed by atoms with van der Waals surface area (Å²) >= 11 is 1.59. The second-order valence-corrected chi connectivity index (χ2v) is 4.88. The van der Waals surface area contributed by atoms with Gasteiger partial charge in [0.2, 0.25) is 0 Å². The van der Waals surface area contributed by atoms with Gasteiger partial charge in [-0.3, -0.25) is 0 Å². The Labute approximate surface area is 106 Å². The monoisotopic (exact) mass is 257 g/mol. The molecule has 0 radical (unpaired) electrons. The molecule has 1 aromatic heterocycles. The van der Waals surface area contributed by atoms with Crippen LogP contribution in [-0.2, 0) is 9.47 Å². The molecule has 0 fully saturated rings. The zero-order valence-corrected chi connectivity index (χ0v) is 11.3. The molecule has 0 N–H and O–H groups in total. The standard InChI is InChI=1S/C12H19NO3S/c1-4-15-12(14)16-10(7-8-13(2)3)11-6-5-9-17-11/h5-6,9-10H,4,7-8H2,1-3H3/t10-/m0/s1. The Morgan fingerprint density at radius 1 is 1.53 bits per heavy atom. The van der Waals surface area contributed by atoms with Gasteiger partial charge in [-0.1, -0.05) is 6.07 Å². The van der Waals surface area contributed by atoms with Gasteiger partial charge in [0.1, 0.15) is 6.10 Å². The second kappa shape index (κ2) is 7.29. The molecule has 0 aliphatic heterocycles. The van der Waals surface area contributed by atoms with Crippen LogP contribution in [0, 0.1) is 0 Å². The lowest BCUT2D eigenvalue weighted by molar-refractivity contribution is 0.0218. The Bertz CT molecular complexity index is 325. The number of nitrogens with zero attached hydrogens (tertiary/aromatic N) is 1. The molecule has 0 amide bonds. The number of hydrogen-bond acceptors (Lipinski definition) is 5. The molecule has 1 rings (SSSR count). The summed E-state index contributed by atoms with van der Waals surface area (Å²) < 4.78 is 10.1. The highest BCUT2D eigenvalue weighted by Gasteiger charge is 2.18. The molecule has 96 valence electrons. The third-order valence-corrected chi connectivity index (χ3v) is 3.16. The summed E-state index contributed by atoms with van der Waals surface area (Å²) in [5.41, 5.74) is 0. The van der Waals surface area contributed by atoms with Gasteiger partial charge in [0, 0.05) is 17.8 Å². The molecule has 0 bridgehead atoms.